The fraction of sp³-hybridized carbons (Fsp3) is 0.600. The number of carboxylic acids is 1. The lowest BCUT2D eigenvalue weighted by atomic mass is 10.00. The predicted molar refractivity (Wildman–Crippen MR) is 53.3 cm³/mol. The van der Waals surface area contributed by atoms with Crippen molar-refractivity contribution in [1.82, 2.24) is 9.78 Å². The minimum absolute atomic E-state index is 0.0127. The summed E-state index contributed by atoms with van der Waals surface area (Å²) in [7, 11) is 1.85. The predicted octanol–water partition coefficient (Wildman–Crippen LogP) is 1.62. The first-order valence-electron chi connectivity index (χ1n) is 4.65. The van der Waals surface area contributed by atoms with E-state index in [1.54, 1.807) is 4.68 Å². The van der Waals surface area contributed by atoms with Gasteiger partial charge in [0.15, 0.2) is 0 Å². The highest BCUT2D eigenvalue weighted by atomic mass is 16.4. The van der Waals surface area contributed by atoms with E-state index in [0.717, 1.165) is 17.0 Å². The fourth-order valence-corrected chi connectivity index (χ4v) is 1.83. The van der Waals surface area contributed by atoms with Gasteiger partial charge in [0, 0.05) is 18.7 Å². The quantitative estimate of drug-likeness (QED) is 0.799. The highest BCUT2D eigenvalue weighted by molar-refractivity contribution is 5.67. The molecule has 1 heterocycles. The molecule has 0 bridgehead atoms. The maximum absolute atomic E-state index is 10.6. The topological polar surface area (TPSA) is 55.1 Å². The average molecular weight is 196 g/mol. The first-order chi connectivity index (χ1) is 6.43. The van der Waals surface area contributed by atoms with Gasteiger partial charge < -0.3 is 5.11 Å². The summed E-state index contributed by atoms with van der Waals surface area (Å²) >= 11 is 0. The monoisotopic (exact) mass is 196 g/mol. The van der Waals surface area contributed by atoms with Crippen LogP contribution in [0.15, 0.2) is 0 Å². The first kappa shape index (κ1) is 10.8. The number of hydrogen-bond donors (Lipinski definition) is 1. The maximum Gasteiger partial charge on any atom is 0.304 e. The third kappa shape index (κ3) is 1.95. The van der Waals surface area contributed by atoms with Crippen LogP contribution < -0.4 is 0 Å². The third-order valence-electron chi connectivity index (χ3n) is 2.52. The number of rotatable bonds is 3. The SMILES string of the molecule is Cc1nn(C)c(C(C)CC(=O)O)c1C. The molecule has 1 aromatic heterocycles. The summed E-state index contributed by atoms with van der Waals surface area (Å²) in [5, 5.41) is 13.0. The maximum atomic E-state index is 10.6. The third-order valence-corrected chi connectivity index (χ3v) is 2.52. The molecule has 0 aliphatic rings. The molecular weight excluding hydrogens is 180 g/mol. The van der Waals surface area contributed by atoms with Crippen molar-refractivity contribution in [2.75, 3.05) is 0 Å². The Morgan fingerprint density at radius 2 is 2.14 bits per heavy atom. The molecule has 1 unspecified atom stereocenters. The van der Waals surface area contributed by atoms with Gasteiger partial charge in [0.2, 0.25) is 0 Å². The van der Waals surface area contributed by atoms with Crippen molar-refractivity contribution >= 4 is 5.97 Å². The van der Waals surface area contributed by atoms with Gasteiger partial charge in [-0.3, -0.25) is 9.48 Å². The number of hydrogen-bond acceptors (Lipinski definition) is 2. The van der Waals surface area contributed by atoms with E-state index in [-0.39, 0.29) is 12.3 Å². The molecule has 1 atom stereocenters. The van der Waals surface area contributed by atoms with Gasteiger partial charge >= 0.3 is 5.97 Å². The molecule has 78 valence electrons. The molecule has 0 aromatic carbocycles. The molecule has 0 aliphatic carbocycles. The number of carboxylic acid groups (broad SMARTS) is 1. The van der Waals surface area contributed by atoms with Crippen LogP contribution in [0.2, 0.25) is 0 Å². The second kappa shape index (κ2) is 3.82. The molecule has 0 saturated carbocycles. The Balaban J connectivity index is 2.99. The molecule has 1 rings (SSSR count). The number of nitrogens with zero attached hydrogens (tertiary/aromatic N) is 2. The van der Waals surface area contributed by atoms with E-state index in [1.165, 1.54) is 0 Å². The van der Waals surface area contributed by atoms with Crippen LogP contribution in [-0.2, 0) is 11.8 Å². The number of aromatic nitrogens is 2. The van der Waals surface area contributed by atoms with Crippen molar-refractivity contribution in [2.45, 2.75) is 33.1 Å². The van der Waals surface area contributed by atoms with Gasteiger partial charge in [-0.05, 0) is 19.4 Å². The van der Waals surface area contributed by atoms with Crippen molar-refractivity contribution in [3.63, 3.8) is 0 Å². The average Bonchev–Trinajstić information content (AvgIpc) is 2.25. The van der Waals surface area contributed by atoms with E-state index in [0.29, 0.717) is 0 Å². The Kier molecular flexibility index (Phi) is 2.93. The van der Waals surface area contributed by atoms with Crippen molar-refractivity contribution in [1.29, 1.82) is 0 Å². The Bertz CT molecular complexity index is 355. The Morgan fingerprint density at radius 3 is 2.50 bits per heavy atom. The van der Waals surface area contributed by atoms with E-state index in [4.69, 9.17) is 5.11 Å². The normalized spacial score (nSPS) is 12.9. The lowest BCUT2D eigenvalue weighted by molar-refractivity contribution is -0.137. The summed E-state index contributed by atoms with van der Waals surface area (Å²) in [4.78, 5) is 10.6. The summed E-state index contributed by atoms with van der Waals surface area (Å²) in [6.07, 6.45) is 0.153. The summed E-state index contributed by atoms with van der Waals surface area (Å²) in [5.41, 5.74) is 3.09. The van der Waals surface area contributed by atoms with Gasteiger partial charge in [-0.25, -0.2) is 0 Å². The van der Waals surface area contributed by atoms with Crippen LogP contribution in [0.5, 0.6) is 0 Å². The van der Waals surface area contributed by atoms with Crippen LogP contribution in [0.1, 0.15) is 36.2 Å². The second-order valence-electron chi connectivity index (χ2n) is 3.72. The first-order valence-corrected chi connectivity index (χ1v) is 4.65. The van der Waals surface area contributed by atoms with Crippen LogP contribution in [0.4, 0.5) is 0 Å². The van der Waals surface area contributed by atoms with Gasteiger partial charge in [0.25, 0.3) is 0 Å². The molecule has 0 fully saturated rings. The molecule has 0 amide bonds. The molecule has 1 aromatic rings. The van der Waals surface area contributed by atoms with Crippen molar-refractivity contribution < 1.29 is 9.90 Å². The van der Waals surface area contributed by atoms with E-state index in [9.17, 15) is 4.79 Å². The number of carbonyl (C=O) groups is 1. The Morgan fingerprint density at radius 1 is 1.57 bits per heavy atom. The van der Waals surface area contributed by atoms with Crippen LogP contribution in [0.25, 0.3) is 0 Å². The van der Waals surface area contributed by atoms with Gasteiger partial charge in [0.05, 0.1) is 12.1 Å². The van der Waals surface area contributed by atoms with Gasteiger partial charge in [-0.15, -0.1) is 0 Å². The van der Waals surface area contributed by atoms with Gasteiger partial charge in [-0.1, -0.05) is 6.92 Å². The molecule has 4 heteroatoms. The highest BCUT2D eigenvalue weighted by Gasteiger charge is 2.18. The smallest absolute Gasteiger partial charge is 0.304 e. The van der Waals surface area contributed by atoms with Crippen molar-refractivity contribution in [3.8, 4) is 0 Å². The number of aryl methyl sites for hydroxylation is 2. The minimum atomic E-state index is -0.768. The standard InChI is InChI=1S/C10H16N2O2/c1-6(5-9(13)14)10-7(2)8(3)11-12(10)4/h6H,5H2,1-4H3,(H,13,14). The molecule has 0 saturated heterocycles. The molecule has 0 aliphatic heterocycles. The van der Waals surface area contributed by atoms with E-state index in [1.807, 2.05) is 27.8 Å². The Hall–Kier alpha value is -1.32. The van der Waals surface area contributed by atoms with E-state index < -0.39 is 5.97 Å². The summed E-state index contributed by atoms with van der Waals surface area (Å²) < 4.78 is 1.78. The lowest BCUT2D eigenvalue weighted by Crippen LogP contribution is -2.08. The van der Waals surface area contributed by atoms with E-state index >= 15 is 0 Å². The summed E-state index contributed by atoms with van der Waals surface area (Å²) in [6, 6.07) is 0. The largest absolute Gasteiger partial charge is 0.481 e. The summed E-state index contributed by atoms with van der Waals surface area (Å²) in [5.74, 6) is -0.755. The molecule has 1 N–H and O–H groups in total. The van der Waals surface area contributed by atoms with Crippen LogP contribution in [0, 0.1) is 13.8 Å². The van der Waals surface area contributed by atoms with Gasteiger partial charge in [-0.2, -0.15) is 5.10 Å². The zero-order chi connectivity index (χ0) is 10.9. The molecule has 0 spiro atoms. The van der Waals surface area contributed by atoms with E-state index in [2.05, 4.69) is 5.10 Å². The molecular formula is C10H16N2O2. The minimum Gasteiger partial charge on any atom is -0.481 e. The van der Waals surface area contributed by atoms with Crippen LogP contribution in [0.3, 0.4) is 0 Å². The Labute approximate surface area is 83.5 Å². The molecule has 14 heavy (non-hydrogen) atoms. The van der Waals surface area contributed by atoms with Crippen molar-refractivity contribution in [2.24, 2.45) is 7.05 Å². The second-order valence-corrected chi connectivity index (χ2v) is 3.72. The van der Waals surface area contributed by atoms with Gasteiger partial charge in [0.1, 0.15) is 0 Å². The lowest BCUT2D eigenvalue weighted by Gasteiger charge is -2.10. The molecule has 4 nitrogen and oxygen atoms in total. The van der Waals surface area contributed by atoms with Crippen molar-refractivity contribution in [3.05, 3.63) is 17.0 Å². The zero-order valence-electron chi connectivity index (χ0n) is 9.03. The fourth-order valence-electron chi connectivity index (χ4n) is 1.83. The summed E-state index contributed by atoms with van der Waals surface area (Å²) in [6.45, 7) is 5.83. The number of aliphatic carboxylic acids is 1. The highest BCUT2D eigenvalue weighted by Crippen LogP contribution is 2.23. The van der Waals surface area contributed by atoms with Crippen LogP contribution in [-0.4, -0.2) is 20.9 Å². The molecule has 0 radical (unpaired) electrons. The van der Waals surface area contributed by atoms with Crippen LogP contribution >= 0.6 is 0 Å². The zero-order valence-corrected chi connectivity index (χ0v) is 9.03.